The van der Waals surface area contributed by atoms with Crippen molar-refractivity contribution < 1.29 is 19.0 Å². The van der Waals surface area contributed by atoms with Crippen LogP contribution in [0.2, 0.25) is 0 Å². The summed E-state index contributed by atoms with van der Waals surface area (Å²) in [6.07, 6.45) is 1.55. The molecule has 0 N–H and O–H groups in total. The lowest BCUT2D eigenvalue weighted by atomic mass is 10.2. The van der Waals surface area contributed by atoms with E-state index in [1.54, 1.807) is 39.1 Å². The molecule has 0 fully saturated rings. The van der Waals surface area contributed by atoms with Gasteiger partial charge < -0.3 is 14.2 Å². The summed E-state index contributed by atoms with van der Waals surface area (Å²) < 4.78 is 16.9. The lowest BCUT2D eigenvalue weighted by molar-refractivity contribution is 0.0531. The highest BCUT2D eigenvalue weighted by Gasteiger charge is 2.21. The minimum Gasteiger partial charge on any atom is -0.462 e. The van der Waals surface area contributed by atoms with Crippen molar-refractivity contribution in [3.05, 3.63) is 50.4 Å². The van der Waals surface area contributed by atoms with Crippen LogP contribution in [0, 0.1) is 13.8 Å². The summed E-state index contributed by atoms with van der Waals surface area (Å²) >= 11 is 1.16. The molecule has 1 aromatic carbocycles. The van der Waals surface area contributed by atoms with Crippen LogP contribution in [0.3, 0.4) is 0 Å². The number of carbonyl (C=O) groups excluding carboxylic acids is 1. The number of aromatic nitrogens is 2. The van der Waals surface area contributed by atoms with Crippen LogP contribution in [-0.4, -0.2) is 35.2 Å². The van der Waals surface area contributed by atoms with Gasteiger partial charge in [-0.25, -0.2) is 9.78 Å². The number of fused-ring (bicyclic) bond motifs is 2. The molecular weight excluding hydrogens is 382 g/mol. The topological polar surface area (TPSA) is 92.0 Å². The quantitative estimate of drug-likeness (QED) is 0.495. The van der Waals surface area contributed by atoms with Crippen molar-refractivity contribution >= 4 is 33.7 Å². The fourth-order valence-corrected chi connectivity index (χ4v) is 4.03. The molecule has 0 amide bonds. The Balaban J connectivity index is 1.76. The molecule has 144 valence electrons. The van der Waals surface area contributed by atoms with E-state index in [0.29, 0.717) is 38.0 Å². The maximum atomic E-state index is 13.0. The van der Waals surface area contributed by atoms with Crippen LogP contribution in [0.25, 0.3) is 10.2 Å². The van der Waals surface area contributed by atoms with Gasteiger partial charge in [0.15, 0.2) is 11.5 Å². The van der Waals surface area contributed by atoms with Crippen molar-refractivity contribution in [2.24, 2.45) is 5.10 Å². The smallest absolute Gasteiger partial charge is 0.348 e. The molecule has 0 saturated carbocycles. The summed E-state index contributed by atoms with van der Waals surface area (Å²) in [7, 11) is 0. The summed E-state index contributed by atoms with van der Waals surface area (Å²) in [6.45, 7) is 5.60. The summed E-state index contributed by atoms with van der Waals surface area (Å²) in [4.78, 5) is 30.4. The Bertz CT molecular complexity index is 1180. The van der Waals surface area contributed by atoms with Gasteiger partial charge in [-0.05, 0) is 50.1 Å². The van der Waals surface area contributed by atoms with Crippen molar-refractivity contribution in [3.63, 3.8) is 0 Å². The zero-order chi connectivity index (χ0) is 19.8. The van der Waals surface area contributed by atoms with Gasteiger partial charge in [-0.15, -0.1) is 11.3 Å². The first-order valence-electron chi connectivity index (χ1n) is 8.63. The molecule has 2 aromatic heterocycles. The van der Waals surface area contributed by atoms with Crippen molar-refractivity contribution in [3.8, 4) is 11.5 Å². The highest BCUT2D eigenvalue weighted by atomic mass is 32.1. The molecule has 3 aromatic rings. The Labute approximate surface area is 164 Å². The second-order valence-electron chi connectivity index (χ2n) is 6.09. The minimum absolute atomic E-state index is 0.190. The Kier molecular flexibility index (Phi) is 4.60. The van der Waals surface area contributed by atoms with Crippen molar-refractivity contribution in [2.75, 3.05) is 13.4 Å². The average Bonchev–Trinajstić information content (AvgIpc) is 3.25. The maximum Gasteiger partial charge on any atom is 0.348 e. The molecule has 28 heavy (non-hydrogen) atoms. The number of benzene rings is 1. The molecule has 0 aliphatic carbocycles. The number of rotatable bonds is 4. The van der Waals surface area contributed by atoms with E-state index < -0.39 is 5.97 Å². The molecule has 4 rings (SSSR count). The van der Waals surface area contributed by atoms with Gasteiger partial charge >= 0.3 is 5.97 Å². The molecule has 0 spiro atoms. The molecular formula is C19H17N3O5S. The third kappa shape index (κ3) is 3.03. The molecule has 1 aliphatic heterocycles. The Hall–Kier alpha value is -3.20. The number of carbonyl (C=O) groups is 1. The van der Waals surface area contributed by atoms with Crippen LogP contribution >= 0.6 is 11.3 Å². The Morgan fingerprint density at radius 1 is 1.36 bits per heavy atom. The van der Waals surface area contributed by atoms with Crippen LogP contribution in [0.5, 0.6) is 11.5 Å². The van der Waals surface area contributed by atoms with E-state index in [2.05, 4.69) is 10.1 Å². The number of hydrogen-bond acceptors (Lipinski definition) is 8. The molecule has 0 unspecified atom stereocenters. The van der Waals surface area contributed by atoms with Crippen LogP contribution in [-0.2, 0) is 4.74 Å². The van der Waals surface area contributed by atoms with Crippen LogP contribution in [0.1, 0.15) is 33.5 Å². The molecule has 0 saturated heterocycles. The zero-order valence-corrected chi connectivity index (χ0v) is 16.3. The number of hydrogen-bond donors (Lipinski definition) is 0. The largest absolute Gasteiger partial charge is 0.462 e. The van der Waals surface area contributed by atoms with E-state index in [4.69, 9.17) is 14.2 Å². The first-order chi connectivity index (χ1) is 13.5. The number of thiophene rings is 1. The summed E-state index contributed by atoms with van der Waals surface area (Å²) in [5.74, 6) is 1.28. The van der Waals surface area contributed by atoms with E-state index in [1.165, 1.54) is 4.68 Å². The van der Waals surface area contributed by atoms with Gasteiger partial charge in [0.1, 0.15) is 15.5 Å². The molecule has 0 atom stereocenters. The Morgan fingerprint density at radius 2 is 2.14 bits per heavy atom. The second-order valence-corrected chi connectivity index (χ2v) is 7.09. The zero-order valence-electron chi connectivity index (χ0n) is 15.5. The molecule has 8 nitrogen and oxygen atoms in total. The lowest BCUT2D eigenvalue weighted by Gasteiger charge is -2.04. The monoisotopic (exact) mass is 399 g/mol. The first kappa shape index (κ1) is 18.2. The fourth-order valence-electron chi connectivity index (χ4n) is 2.92. The average molecular weight is 399 g/mol. The van der Waals surface area contributed by atoms with E-state index in [9.17, 15) is 9.59 Å². The number of esters is 1. The van der Waals surface area contributed by atoms with Gasteiger partial charge in [0, 0.05) is 0 Å². The molecule has 1 aliphatic rings. The van der Waals surface area contributed by atoms with Crippen molar-refractivity contribution in [2.45, 2.75) is 20.8 Å². The molecule has 0 radical (unpaired) electrons. The first-order valence-corrected chi connectivity index (χ1v) is 9.45. The van der Waals surface area contributed by atoms with Crippen molar-refractivity contribution in [1.29, 1.82) is 0 Å². The van der Waals surface area contributed by atoms with E-state index in [-0.39, 0.29) is 19.0 Å². The van der Waals surface area contributed by atoms with Crippen LogP contribution in [0.4, 0.5) is 0 Å². The minimum atomic E-state index is -0.449. The van der Waals surface area contributed by atoms with Gasteiger partial charge in [0.05, 0.1) is 18.2 Å². The van der Waals surface area contributed by atoms with Crippen LogP contribution in [0.15, 0.2) is 28.1 Å². The SMILES string of the molecule is CCOC(=O)c1sc2nc(C)n(/N=C/c3ccc4c(c3)OCO4)c(=O)c2c1C. The van der Waals surface area contributed by atoms with Crippen molar-refractivity contribution in [1.82, 2.24) is 9.66 Å². The van der Waals surface area contributed by atoms with E-state index >= 15 is 0 Å². The molecule has 0 bridgehead atoms. The standard InChI is InChI=1S/C19H17N3O5S/c1-4-25-19(24)16-10(2)15-17(28-16)21-11(3)22(18(15)23)20-8-12-5-6-13-14(7-12)27-9-26-13/h5-8H,4,9H2,1-3H3/b20-8+. The number of aryl methyl sites for hydroxylation is 2. The Morgan fingerprint density at radius 3 is 2.93 bits per heavy atom. The van der Waals surface area contributed by atoms with E-state index in [0.717, 1.165) is 16.9 Å². The normalized spacial score (nSPS) is 12.8. The maximum absolute atomic E-state index is 13.0. The van der Waals surface area contributed by atoms with Crippen LogP contribution < -0.4 is 15.0 Å². The molecule has 3 heterocycles. The number of ether oxygens (including phenoxy) is 3. The van der Waals surface area contributed by atoms with Gasteiger partial charge in [0.25, 0.3) is 5.56 Å². The second kappa shape index (κ2) is 7.08. The molecule has 9 heteroatoms. The fraction of sp³-hybridized carbons (Fsp3) is 0.263. The predicted molar refractivity (Wildman–Crippen MR) is 105 cm³/mol. The summed E-state index contributed by atoms with van der Waals surface area (Å²) in [5.41, 5.74) is 0.983. The highest BCUT2D eigenvalue weighted by molar-refractivity contribution is 7.20. The predicted octanol–water partition coefficient (Wildman–Crippen LogP) is 2.86. The van der Waals surface area contributed by atoms with Gasteiger partial charge in [0.2, 0.25) is 6.79 Å². The van der Waals surface area contributed by atoms with Gasteiger partial charge in [-0.2, -0.15) is 9.78 Å². The van der Waals surface area contributed by atoms with Gasteiger partial charge in [-0.1, -0.05) is 0 Å². The number of nitrogens with zero attached hydrogens (tertiary/aromatic N) is 3. The lowest BCUT2D eigenvalue weighted by Crippen LogP contribution is -2.20. The summed E-state index contributed by atoms with van der Waals surface area (Å²) in [5, 5.41) is 4.67. The third-order valence-electron chi connectivity index (χ3n) is 4.28. The third-order valence-corrected chi connectivity index (χ3v) is 5.45. The highest BCUT2D eigenvalue weighted by Crippen LogP contribution is 2.32. The van der Waals surface area contributed by atoms with E-state index in [1.807, 2.05) is 6.07 Å². The summed E-state index contributed by atoms with van der Waals surface area (Å²) in [6, 6.07) is 5.39. The van der Waals surface area contributed by atoms with Gasteiger partial charge in [-0.3, -0.25) is 4.79 Å².